The lowest BCUT2D eigenvalue weighted by Gasteiger charge is -2.23. The molecule has 0 rings (SSSR count). The summed E-state index contributed by atoms with van der Waals surface area (Å²) in [6, 6.07) is 0. The van der Waals surface area contributed by atoms with Gasteiger partial charge in [0.15, 0.2) is 0 Å². The number of nitrogens with one attached hydrogen (secondary N) is 1. The van der Waals surface area contributed by atoms with Gasteiger partial charge in [0.2, 0.25) is 5.91 Å². The van der Waals surface area contributed by atoms with Gasteiger partial charge in [0.1, 0.15) is 0 Å². The van der Waals surface area contributed by atoms with Crippen molar-refractivity contribution in [3.63, 3.8) is 0 Å². The van der Waals surface area contributed by atoms with Gasteiger partial charge in [-0.05, 0) is 30.8 Å². The maximum atomic E-state index is 11.8. The van der Waals surface area contributed by atoms with Gasteiger partial charge in [0.25, 0.3) is 0 Å². The van der Waals surface area contributed by atoms with Crippen LogP contribution in [0.25, 0.3) is 0 Å². The van der Waals surface area contributed by atoms with Crippen molar-refractivity contribution in [2.45, 2.75) is 122 Å². The second kappa shape index (κ2) is 26.1. The van der Waals surface area contributed by atoms with Crippen LogP contribution in [0.5, 0.6) is 0 Å². The predicted molar refractivity (Wildman–Crippen MR) is 142 cm³/mol. The first kappa shape index (κ1) is 34.7. The number of carbonyl (C=O) groups is 1. The minimum Gasteiger partial charge on any atom is -1.00 e. The van der Waals surface area contributed by atoms with Crippen molar-refractivity contribution in [2.24, 2.45) is 0 Å². The van der Waals surface area contributed by atoms with Crippen molar-refractivity contribution < 1.29 is 33.3 Å². The molecule has 32 heavy (non-hydrogen) atoms. The van der Waals surface area contributed by atoms with E-state index in [1.54, 1.807) is 0 Å². The van der Waals surface area contributed by atoms with Crippen molar-refractivity contribution in [3.05, 3.63) is 0 Å². The zero-order valence-electron chi connectivity index (χ0n) is 22.2. The van der Waals surface area contributed by atoms with E-state index in [0.29, 0.717) is 6.42 Å². The monoisotopic (exact) mass is 584 g/mol. The fourth-order valence-corrected chi connectivity index (χ4v) is 4.88. The van der Waals surface area contributed by atoms with Crippen LogP contribution in [-0.4, -0.2) is 56.1 Å². The van der Waals surface area contributed by atoms with Crippen LogP contribution < -0.4 is 29.3 Å². The van der Waals surface area contributed by atoms with Crippen molar-refractivity contribution in [2.75, 3.05) is 45.7 Å². The third-order valence-electron chi connectivity index (χ3n) is 5.91. The molecule has 0 radical (unpaired) electrons. The van der Waals surface area contributed by atoms with Gasteiger partial charge in [-0.3, -0.25) is 4.79 Å². The van der Waals surface area contributed by atoms with E-state index in [4.69, 9.17) is 0 Å². The normalized spacial score (nSPS) is 11.4. The van der Waals surface area contributed by atoms with Gasteiger partial charge < -0.3 is 33.8 Å². The molecular formula is C27H57IN2OS. The lowest BCUT2D eigenvalue weighted by Crippen LogP contribution is -3.00. The number of unbranched alkanes of at least 4 members (excludes halogenated alkanes) is 14. The van der Waals surface area contributed by atoms with Gasteiger partial charge in [-0.15, -0.1) is 0 Å². The van der Waals surface area contributed by atoms with E-state index in [2.05, 4.69) is 45.1 Å². The Balaban J connectivity index is 0. The van der Waals surface area contributed by atoms with Crippen LogP contribution in [0.4, 0.5) is 0 Å². The van der Waals surface area contributed by atoms with Gasteiger partial charge in [0.05, 0.1) is 27.7 Å². The van der Waals surface area contributed by atoms with Crippen LogP contribution >= 0.6 is 11.8 Å². The highest BCUT2D eigenvalue weighted by molar-refractivity contribution is 7.99. The standard InChI is InChI=1S/C27H56N2OS.HI/c1-5-6-7-8-9-13-16-19-25-31-26-20-17-14-11-10-12-15-18-22-27(30)28-23-21-24-29(2,3)4;/h5-26H2,1-4H3;1H. The number of thioether (sulfide) groups is 1. The van der Waals surface area contributed by atoms with Gasteiger partial charge in [-0.2, -0.15) is 11.8 Å². The van der Waals surface area contributed by atoms with E-state index in [-0.39, 0.29) is 29.9 Å². The van der Waals surface area contributed by atoms with Crippen LogP contribution in [0.3, 0.4) is 0 Å². The highest BCUT2D eigenvalue weighted by Crippen LogP contribution is 2.14. The average Bonchev–Trinajstić information content (AvgIpc) is 2.72. The van der Waals surface area contributed by atoms with E-state index in [1.165, 1.54) is 108 Å². The molecule has 5 heteroatoms. The Morgan fingerprint density at radius 1 is 0.656 bits per heavy atom. The Morgan fingerprint density at radius 3 is 1.56 bits per heavy atom. The molecule has 0 aromatic heterocycles. The fraction of sp³-hybridized carbons (Fsp3) is 0.963. The molecule has 3 nitrogen and oxygen atoms in total. The molecule has 0 spiro atoms. The third kappa shape index (κ3) is 30.5. The molecule has 0 aromatic rings. The number of carbonyl (C=O) groups excluding carboxylic acids is 1. The van der Waals surface area contributed by atoms with Gasteiger partial charge in [-0.25, -0.2) is 0 Å². The van der Waals surface area contributed by atoms with Gasteiger partial charge >= 0.3 is 0 Å². The summed E-state index contributed by atoms with van der Waals surface area (Å²) < 4.78 is 0.966. The van der Waals surface area contributed by atoms with Crippen molar-refractivity contribution >= 4 is 17.7 Å². The molecule has 0 fully saturated rings. The average molecular weight is 585 g/mol. The number of nitrogens with zero attached hydrogens (tertiary/aromatic N) is 1. The molecule has 0 aliphatic carbocycles. The van der Waals surface area contributed by atoms with Crippen LogP contribution in [0.1, 0.15) is 122 Å². The van der Waals surface area contributed by atoms with Crippen LogP contribution in [0.2, 0.25) is 0 Å². The predicted octanol–water partition coefficient (Wildman–Crippen LogP) is 4.59. The maximum Gasteiger partial charge on any atom is 0.219 e. The number of quaternary nitrogens is 1. The molecule has 0 heterocycles. The Morgan fingerprint density at radius 2 is 1.09 bits per heavy atom. The number of halogens is 1. The highest BCUT2D eigenvalue weighted by atomic mass is 127. The van der Waals surface area contributed by atoms with Gasteiger partial charge in [0, 0.05) is 19.4 Å². The second-order valence-corrected chi connectivity index (χ2v) is 11.6. The summed E-state index contributed by atoms with van der Waals surface area (Å²) in [5.74, 6) is 2.98. The van der Waals surface area contributed by atoms with E-state index < -0.39 is 0 Å². The molecule has 0 unspecified atom stereocenters. The molecule has 0 saturated heterocycles. The zero-order chi connectivity index (χ0) is 23.0. The van der Waals surface area contributed by atoms with E-state index in [1.807, 2.05) is 0 Å². The summed E-state index contributed by atoms with van der Waals surface area (Å²) in [6.45, 7) is 4.22. The first-order chi connectivity index (χ1) is 15.0. The molecule has 1 amide bonds. The maximum absolute atomic E-state index is 11.8. The van der Waals surface area contributed by atoms with E-state index in [9.17, 15) is 4.79 Å². The number of hydrogen-bond acceptors (Lipinski definition) is 2. The molecule has 0 saturated carbocycles. The van der Waals surface area contributed by atoms with Crippen LogP contribution in [-0.2, 0) is 4.79 Å². The molecule has 1 N–H and O–H groups in total. The second-order valence-electron chi connectivity index (χ2n) is 10.4. The van der Waals surface area contributed by atoms with Crippen molar-refractivity contribution in [1.29, 1.82) is 0 Å². The van der Waals surface area contributed by atoms with Crippen molar-refractivity contribution in [3.8, 4) is 0 Å². The third-order valence-corrected chi connectivity index (χ3v) is 7.07. The van der Waals surface area contributed by atoms with Crippen LogP contribution in [0, 0.1) is 0 Å². The summed E-state index contributed by atoms with van der Waals surface area (Å²) in [5.41, 5.74) is 0. The molecule has 0 bridgehead atoms. The summed E-state index contributed by atoms with van der Waals surface area (Å²) in [7, 11) is 6.58. The molecule has 0 aromatic carbocycles. The Bertz CT molecular complexity index is 388. The fourth-order valence-electron chi connectivity index (χ4n) is 3.86. The molecule has 0 atom stereocenters. The van der Waals surface area contributed by atoms with Crippen LogP contribution in [0.15, 0.2) is 0 Å². The lowest BCUT2D eigenvalue weighted by atomic mass is 10.1. The number of hydrogen-bond donors (Lipinski definition) is 1. The largest absolute Gasteiger partial charge is 1.00 e. The van der Waals surface area contributed by atoms with Crippen molar-refractivity contribution in [1.82, 2.24) is 5.32 Å². The topological polar surface area (TPSA) is 29.1 Å². The number of amides is 1. The summed E-state index contributed by atoms with van der Waals surface area (Å²) in [4.78, 5) is 11.8. The summed E-state index contributed by atoms with van der Waals surface area (Å²) in [6.07, 6.45) is 23.7. The van der Waals surface area contributed by atoms with E-state index >= 15 is 0 Å². The Kier molecular flexibility index (Phi) is 28.3. The first-order valence-electron chi connectivity index (χ1n) is 13.6. The SMILES string of the molecule is CCCCCCCCCCSCCCCCCCCCCC(=O)NCCC[N+](C)(C)C.[I-]. The minimum absolute atomic E-state index is 0. The summed E-state index contributed by atoms with van der Waals surface area (Å²) >= 11 is 2.17. The Hall–Kier alpha value is 0.510. The molecule has 194 valence electrons. The zero-order valence-corrected chi connectivity index (χ0v) is 25.2. The molecular weight excluding hydrogens is 527 g/mol. The smallest absolute Gasteiger partial charge is 0.219 e. The Labute approximate surface area is 223 Å². The highest BCUT2D eigenvalue weighted by Gasteiger charge is 2.06. The van der Waals surface area contributed by atoms with E-state index in [0.717, 1.165) is 30.4 Å². The molecule has 0 aliphatic rings. The minimum atomic E-state index is 0. The summed E-state index contributed by atoms with van der Waals surface area (Å²) in [5, 5.41) is 3.06. The number of rotatable bonds is 24. The quantitative estimate of drug-likeness (QED) is 0.102. The first-order valence-corrected chi connectivity index (χ1v) is 14.8. The molecule has 0 aliphatic heterocycles. The lowest BCUT2D eigenvalue weighted by molar-refractivity contribution is -0.870. The van der Waals surface area contributed by atoms with Gasteiger partial charge in [-0.1, -0.05) is 90.4 Å².